The lowest BCUT2D eigenvalue weighted by Gasteiger charge is -2.17. The van der Waals surface area contributed by atoms with Crippen LogP contribution in [0.25, 0.3) is 0 Å². The summed E-state index contributed by atoms with van der Waals surface area (Å²) < 4.78 is 6.07. The van der Waals surface area contributed by atoms with E-state index in [1.54, 1.807) is 0 Å². The molecule has 1 aliphatic rings. The summed E-state index contributed by atoms with van der Waals surface area (Å²) >= 11 is 3.33. The van der Waals surface area contributed by atoms with Gasteiger partial charge in [0.2, 0.25) is 5.91 Å². The second kappa shape index (κ2) is 6.85. The molecule has 1 amide bonds. The Bertz CT molecular complexity index is 482. The average molecular weight is 342 g/mol. The fourth-order valence-electron chi connectivity index (χ4n) is 2.09. The Hall–Kier alpha value is -1.40. The minimum Gasteiger partial charge on any atom is -0.480 e. The number of hydrogen-bond acceptors (Lipinski definition) is 3. The molecule has 1 saturated heterocycles. The number of ether oxygens (including phenoxy) is 1. The van der Waals surface area contributed by atoms with E-state index in [4.69, 9.17) is 4.74 Å². The summed E-state index contributed by atoms with van der Waals surface area (Å²) in [6.45, 7) is 0.930. The molecule has 0 unspecified atom stereocenters. The molecule has 1 fully saturated rings. The van der Waals surface area contributed by atoms with Crippen molar-refractivity contribution in [3.05, 3.63) is 34.3 Å². The van der Waals surface area contributed by atoms with Gasteiger partial charge in [0.25, 0.3) is 0 Å². The molecule has 2 rings (SSSR count). The van der Waals surface area contributed by atoms with Gasteiger partial charge >= 0.3 is 5.97 Å². The van der Waals surface area contributed by atoms with Crippen LogP contribution >= 0.6 is 15.9 Å². The Labute approximate surface area is 125 Å². The number of hydrogen-bond donors (Lipinski definition) is 2. The number of benzene rings is 1. The molecular weight excluding hydrogens is 326 g/mol. The fraction of sp³-hybridized carbons (Fsp3) is 0.429. The maximum Gasteiger partial charge on any atom is 0.326 e. The van der Waals surface area contributed by atoms with Gasteiger partial charge in [0.05, 0.1) is 12.5 Å². The van der Waals surface area contributed by atoms with Gasteiger partial charge in [0.15, 0.2) is 0 Å². The van der Waals surface area contributed by atoms with Crippen LogP contribution < -0.4 is 5.32 Å². The molecule has 108 valence electrons. The number of carboxylic acid groups (broad SMARTS) is 1. The first kappa shape index (κ1) is 15.0. The van der Waals surface area contributed by atoms with Gasteiger partial charge in [-0.15, -0.1) is 0 Å². The van der Waals surface area contributed by atoms with Crippen LogP contribution in [0.5, 0.6) is 0 Å². The summed E-state index contributed by atoms with van der Waals surface area (Å²) in [4.78, 5) is 23.2. The fourth-order valence-corrected chi connectivity index (χ4v) is 2.35. The van der Waals surface area contributed by atoms with E-state index in [2.05, 4.69) is 21.2 Å². The predicted molar refractivity (Wildman–Crippen MR) is 76.3 cm³/mol. The van der Waals surface area contributed by atoms with E-state index in [0.29, 0.717) is 19.6 Å². The first-order chi connectivity index (χ1) is 9.56. The van der Waals surface area contributed by atoms with Gasteiger partial charge in [0.1, 0.15) is 6.04 Å². The van der Waals surface area contributed by atoms with Gasteiger partial charge in [0, 0.05) is 17.5 Å². The average Bonchev–Trinajstić information content (AvgIpc) is 2.94. The van der Waals surface area contributed by atoms with Crippen molar-refractivity contribution in [2.75, 3.05) is 13.2 Å². The van der Waals surface area contributed by atoms with Crippen LogP contribution in [0, 0.1) is 5.92 Å². The molecule has 1 aromatic rings. The van der Waals surface area contributed by atoms with Gasteiger partial charge in [-0.3, -0.25) is 4.79 Å². The van der Waals surface area contributed by atoms with Crippen LogP contribution in [-0.2, 0) is 20.7 Å². The molecule has 0 spiro atoms. The number of amides is 1. The maximum atomic E-state index is 11.9. The second-order valence-corrected chi connectivity index (χ2v) is 5.71. The Balaban J connectivity index is 1.98. The lowest BCUT2D eigenvalue weighted by molar-refractivity contribution is -0.142. The first-order valence-corrected chi connectivity index (χ1v) is 7.21. The Kier molecular flexibility index (Phi) is 5.14. The summed E-state index contributed by atoms with van der Waals surface area (Å²) in [7, 11) is 0. The molecule has 2 N–H and O–H groups in total. The number of carboxylic acids is 1. The molecule has 1 aromatic carbocycles. The summed E-state index contributed by atoms with van der Waals surface area (Å²) in [5.41, 5.74) is 0.864. The second-order valence-electron chi connectivity index (χ2n) is 4.79. The van der Waals surface area contributed by atoms with E-state index in [1.165, 1.54) is 0 Å². The Morgan fingerprint density at radius 3 is 2.65 bits per heavy atom. The van der Waals surface area contributed by atoms with Crippen LogP contribution in [-0.4, -0.2) is 36.2 Å². The van der Waals surface area contributed by atoms with E-state index in [-0.39, 0.29) is 18.2 Å². The molecular formula is C14H16BrNO4. The highest BCUT2D eigenvalue weighted by Gasteiger charge is 2.28. The molecule has 0 bridgehead atoms. The van der Waals surface area contributed by atoms with E-state index in [9.17, 15) is 14.7 Å². The number of nitrogens with one attached hydrogen (secondary N) is 1. The maximum absolute atomic E-state index is 11.9. The van der Waals surface area contributed by atoms with Crippen molar-refractivity contribution in [3.63, 3.8) is 0 Å². The lowest BCUT2D eigenvalue weighted by Crippen LogP contribution is -2.45. The highest BCUT2D eigenvalue weighted by molar-refractivity contribution is 9.10. The van der Waals surface area contributed by atoms with Crippen molar-refractivity contribution in [2.24, 2.45) is 5.92 Å². The molecule has 0 aromatic heterocycles. The zero-order valence-electron chi connectivity index (χ0n) is 10.8. The lowest BCUT2D eigenvalue weighted by atomic mass is 10.0. The van der Waals surface area contributed by atoms with Crippen LogP contribution in [0.2, 0.25) is 0 Å². The summed E-state index contributed by atoms with van der Waals surface area (Å²) in [5.74, 6) is -1.51. The van der Waals surface area contributed by atoms with E-state index in [1.807, 2.05) is 24.3 Å². The van der Waals surface area contributed by atoms with Crippen molar-refractivity contribution < 1.29 is 19.4 Å². The zero-order chi connectivity index (χ0) is 14.5. The molecule has 0 radical (unpaired) electrons. The smallest absolute Gasteiger partial charge is 0.326 e. The molecule has 20 heavy (non-hydrogen) atoms. The molecule has 2 atom stereocenters. The molecule has 5 nitrogen and oxygen atoms in total. The van der Waals surface area contributed by atoms with Crippen LogP contribution in [0.4, 0.5) is 0 Å². The van der Waals surface area contributed by atoms with Gasteiger partial charge < -0.3 is 15.2 Å². The van der Waals surface area contributed by atoms with Crippen molar-refractivity contribution in [1.82, 2.24) is 5.32 Å². The molecule has 1 aliphatic heterocycles. The van der Waals surface area contributed by atoms with Gasteiger partial charge in [-0.05, 0) is 24.1 Å². The van der Waals surface area contributed by atoms with E-state index >= 15 is 0 Å². The van der Waals surface area contributed by atoms with Gasteiger partial charge in [-0.25, -0.2) is 4.79 Å². The molecule has 0 aliphatic carbocycles. The van der Waals surface area contributed by atoms with E-state index in [0.717, 1.165) is 10.0 Å². The third kappa shape index (κ3) is 4.05. The molecule has 6 heteroatoms. The number of halogens is 1. The van der Waals surface area contributed by atoms with Crippen molar-refractivity contribution >= 4 is 27.8 Å². The number of carbonyl (C=O) groups excluding carboxylic acids is 1. The largest absolute Gasteiger partial charge is 0.480 e. The van der Waals surface area contributed by atoms with Gasteiger partial charge in [-0.1, -0.05) is 28.1 Å². The number of carbonyl (C=O) groups is 2. The topological polar surface area (TPSA) is 75.6 Å². The minimum atomic E-state index is -1.03. The Morgan fingerprint density at radius 1 is 1.40 bits per heavy atom. The van der Waals surface area contributed by atoms with Crippen molar-refractivity contribution in [3.8, 4) is 0 Å². The van der Waals surface area contributed by atoms with E-state index < -0.39 is 12.0 Å². The SMILES string of the molecule is O=C(N[C@@H](Cc1ccc(Br)cc1)C(=O)O)[C@@H]1CCOC1. The van der Waals surface area contributed by atoms with Crippen LogP contribution in [0.15, 0.2) is 28.7 Å². The van der Waals surface area contributed by atoms with Crippen LogP contribution in [0.1, 0.15) is 12.0 Å². The van der Waals surface area contributed by atoms with Crippen molar-refractivity contribution in [1.29, 1.82) is 0 Å². The first-order valence-electron chi connectivity index (χ1n) is 6.41. The van der Waals surface area contributed by atoms with Crippen LogP contribution in [0.3, 0.4) is 0 Å². The Morgan fingerprint density at radius 2 is 2.10 bits per heavy atom. The van der Waals surface area contributed by atoms with Gasteiger partial charge in [-0.2, -0.15) is 0 Å². The standard InChI is InChI=1S/C14H16BrNO4/c15-11-3-1-9(2-4-11)7-12(14(18)19)16-13(17)10-5-6-20-8-10/h1-4,10,12H,5-8H2,(H,16,17)(H,18,19)/t10-,12+/m1/s1. The quantitative estimate of drug-likeness (QED) is 0.852. The predicted octanol–water partition coefficient (Wildman–Crippen LogP) is 1.60. The number of rotatable bonds is 5. The minimum absolute atomic E-state index is 0.234. The molecule has 1 heterocycles. The summed E-state index contributed by atoms with van der Waals surface area (Å²) in [5, 5.41) is 11.8. The molecule has 0 saturated carbocycles. The highest BCUT2D eigenvalue weighted by Crippen LogP contribution is 2.14. The van der Waals surface area contributed by atoms with Crippen molar-refractivity contribution in [2.45, 2.75) is 18.9 Å². The number of aliphatic carboxylic acids is 1. The highest BCUT2D eigenvalue weighted by atomic mass is 79.9. The third-order valence-electron chi connectivity index (χ3n) is 3.27. The zero-order valence-corrected chi connectivity index (χ0v) is 12.4. The summed E-state index contributed by atoms with van der Waals surface area (Å²) in [6.07, 6.45) is 0.915. The third-order valence-corrected chi connectivity index (χ3v) is 3.80. The monoisotopic (exact) mass is 341 g/mol. The normalized spacial score (nSPS) is 19.6. The summed E-state index contributed by atoms with van der Waals surface area (Å²) in [6, 6.07) is 6.46.